The first kappa shape index (κ1) is 16.1. The summed E-state index contributed by atoms with van der Waals surface area (Å²) in [5, 5.41) is 3.58. The van der Waals surface area contributed by atoms with Crippen LogP contribution in [-0.2, 0) is 0 Å². The van der Waals surface area contributed by atoms with E-state index in [9.17, 15) is 0 Å². The van der Waals surface area contributed by atoms with Crippen LogP contribution in [0.2, 0.25) is 0 Å². The summed E-state index contributed by atoms with van der Waals surface area (Å²) in [4.78, 5) is 2.41. The summed E-state index contributed by atoms with van der Waals surface area (Å²) < 4.78 is 11.3. The van der Waals surface area contributed by atoms with Crippen LogP contribution in [0.3, 0.4) is 0 Å². The normalized spacial score (nSPS) is 16.8. The molecule has 0 saturated carbocycles. The van der Waals surface area contributed by atoms with E-state index in [1.54, 1.807) is 0 Å². The zero-order chi connectivity index (χ0) is 15.2. The summed E-state index contributed by atoms with van der Waals surface area (Å²) in [5.41, 5.74) is 1.26. The molecule has 4 nitrogen and oxygen atoms in total. The molecule has 0 spiro atoms. The quantitative estimate of drug-likeness (QED) is 0.838. The molecular formula is C17H28N2O2. The predicted molar refractivity (Wildman–Crippen MR) is 86.2 cm³/mol. The Morgan fingerprint density at radius 2 is 1.90 bits per heavy atom. The molecule has 4 heteroatoms. The molecule has 1 heterocycles. The molecule has 2 rings (SSSR count). The van der Waals surface area contributed by atoms with E-state index in [-0.39, 0.29) is 0 Å². The maximum atomic E-state index is 5.70. The highest BCUT2D eigenvalue weighted by Crippen LogP contribution is 2.32. The van der Waals surface area contributed by atoms with Gasteiger partial charge < -0.3 is 19.7 Å². The Hall–Kier alpha value is -1.26. The van der Waals surface area contributed by atoms with E-state index in [1.165, 1.54) is 5.56 Å². The van der Waals surface area contributed by atoms with Gasteiger partial charge in [0.25, 0.3) is 0 Å². The van der Waals surface area contributed by atoms with Crippen LogP contribution in [0.5, 0.6) is 11.5 Å². The van der Waals surface area contributed by atoms with Crippen molar-refractivity contribution in [3.05, 3.63) is 23.8 Å². The SMILES string of the molecule is CCNC(CN(C)C(C)CC)c1ccc2c(c1)OCCO2. The van der Waals surface area contributed by atoms with Crippen molar-refractivity contribution in [1.82, 2.24) is 10.2 Å². The number of hydrogen-bond acceptors (Lipinski definition) is 4. The summed E-state index contributed by atoms with van der Waals surface area (Å²) in [6.45, 7) is 9.86. The van der Waals surface area contributed by atoms with Crippen LogP contribution < -0.4 is 14.8 Å². The van der Waals surface area contributed by atoms with Crippen LogP contribution in [0, 0.1) is 0 Å². The first-order valence-electron chi connectivity index (χ1n) is 7.98. The van der Waals surface area contributed by atoms with Crippen LogP contribution in [0.15, 0.2) is 18.2 Å². The number of nitrogens with zero attached hydrogens (tertiary/aromatic N) is 1. The number of ether oxygens (including phenoxy) is 2. The van der Waals surface area contributed by atoms with E-state index in [0.29, 0.717) is 25.3 Å². The Morgan fingerprint density at radius 1 is 1.19 bits per heavy atom. The van der Waals surface area contributed by atoms with Gasteiger partial charge in [-0.2, -0.15) is 0 Å². The van der Waals surface area contributed by atoms with Gasteiger partial charge in [-0.05, 0) is 44.6 Å². The van der Waals surface area contributed by atoms with Crippen LogP contribution in [0.4, 0.5) is 0 Å². The fourth-order valence-corrected chi connectivity index (χ4v) is 2.59. The Balaban J connectivity index is 2.13. The second-order valence-electron chi connectivity index (χ2n) is 5.71. The third-order valence-electron chi connectivity index (χ3n) is 4.23. The molecule has 0 amide bonds. The van der Waals surface area contributed by atoms with Gasteiger partial charge in [-0.1, -0.05) is 19.9 Å². The number of benzene rings is 1. The van der Waals surface area contributed by atoms with Crippen molar-refractivity contribution in [2.45, 2.75) is 39.3 Å². The van der Waals surface area contributed by atoms with Gasteiger partial charge in [0.05, 0.1) is 0 Å². The molecule has 0 saturated heterocycles. The standard InChI is InChI=1S/C17H28N2O2/c1-5-13(3)19(4)12-15(18-6-2)14-7-8-16-17(11-14)21-10-9-20-16/h7-8,11,13,15,18H,5-6,9-10,12H2,1-4H3. The van der Waals surface area contributed by atoms with E-state index in [1.807, 2.05) is 6.07 Å². The van der Waals surface area contributed by atoms with Crippen LogP contribution in [0.25, 0.3) is 0 Å². The number of nitrogens with one attached hydrogen (secondary N) is 1. The summed E-state index contributed by atoms with van der Waals surface area (Å²) in [5.74, 6) is 1.73. The van der Waals surface area contributed by atoms with E-state index in [4.69, 9.17) is 9.47 Å². The molecule has 0 aromatic heterocycles. The van der Waals surface area contributed by atoms with Gasteiger partial charge in [0.1, 0.15) is 13.2 Å². The summed E-state index contributed by atoms with van der Waals surface area (Å²) in [6, 6.07) is 7.18. The van der Waals surface area contributed by atoms with Gasteiger partial charge in [0.2, 0.25) is 0 Å². The van der Waals surface area contributed by atoms with Crippen molar-refractivity contribution < 1.29 is 9.47 Å². The summed E-state index contributed by atoms with van der Waals surface area (Å²) in [7, 11) is 2.19. The van der Waals surface area contributed by atoms with Crippen LogP contribution >= 0.6 is 0 Å². The zero-order valence-corrected chi connectivity index (χ0v) is 13.7. The molecule has 1 aliphatic rings. The van der Waals surface area contributed by atoms with Crippen molar-refractivity contribution in [1.29, 1.82) is 0 Å². The number of rotatable bonds is 7. The fourth-order valence-electron chi connectivity index (χ4n) is 2.59. The third kappa shape index (κ3) is 4.11. The van der Waals surface area contributed by atoms with Gasteiger partial charge in [-0.15, -0.1) is 0 Å². The number of likely N-dealkylation sites (N-methyl/N-ethyl adjacent to an activating group) is 2. The largest absolute Gasteiger partial charge is 0.486 e. The molecule has 2 atom stereocenters. The highest BCUT2D eigenvalue weighted by atomic mass is 16.6. The van der Waals surface area contributed by atoms with Gasteiger partial charge >= 0.3 is 0 Å². The highest BCUT2D eigenvalue weighted by Gasteiger charge is 2.19. The minimum absolute atomic E-state index is 0.310. The van der Waals surface area contributed by atoms with Gasteiger partial charge in [0, 0.05) is 18.6 Å². The lowest BCUT2D eigenvalue weighted by atomic mass is 10.0. The monoisotopic (exact) mass is 292 g/mol. The second-order valence-corrected chi connectivity index (χ2v) is 5.71. The van der Waals surface area contributed by atoms with E-state index in [2.05, 4.69) is 50.2 Å². The van der Waals surface area contributed by atoms with Crippen molar-refractivity contribution >= 4 is 0 Å². The molecule has 1 aromatic carbocycles. The van der Waals surface area contributed by atoms with Gasteiger partial charge in [-0.25, -0.2) is 0 Å². The average Bonchev–Trinajstić information content (AvgIpc) is 2.53. The van der Waals surface area contributed by atoms with Crippen molar-refractivity contribution in [3.8, 4) is 11.5 Å². The molecule has 118 valence electrons. The number of fused-ring (bicyclic) bond motifs is 1. The second kappa shape index (κ2) is 7.66. The molecule has 2 unspecified atom stereocenters. The van der Waals surface area contributed by atoms with Crippen molar-refractivity contribution in [3.63, 3.8) is 0 Å². The average molecular weight is 292 g/mol. The topological polar surface area (TPSA) is 33.7 Å². The fraction of sp³-hybridized carbons (Fsp3) is 0.647. The molecule has 0 fully saturated rings. The maximum Gasteiger partial charge on any atom is 0.161 e. The first-order valence-corrected chi connectivity index (χ1v) is 7.98. The summed E-state index contributed by atoms with van der Waals surface area (Å²) in [6.07, 6.45) is 1.16. The van der Waals surface area contributed by atoms with Crippen LogP contribution in [-0.4, -0.2) is 44.3 Å². The van der Waals surface area contributed by atoms with Crippen molar-refractivity contribution in [2.24, 2.45) is 0 Å². The van der Waals surface area contributed by atoms with E-state index >= 15 is 0 Å². The lowest BCUT2D eigenvalue weighted by Gasteiger charge is -2.30. The molecule has 1 N–H and O–H groups in total. The Labute approximate surface area is 128 Å². The van der Waals surface area contributed by atoms with Gasteiger partial charge in [0.15, 0.2) is 11.5 Å². The Morgan fingerprint density at radius 3 is 2.57 bits per heavy atom. The molecule has 1 aromatic rings. The predicted octanol–water partition coefficient (Wildman–Crippen LogP) is 2.84. The van der Waals surface area contributed by atoms with Gasteiger partial charge in [-0.3, -0.25) is 0 Å². The Kier molecular flexibility index (Phi) is 5.88. The molecule has 1 aliphatic heterocycles. The maximum absolute atomic E-state index is 5.70. The van der Waals surface area contributed by atoms with E-state index < -0.39 is 0 Å². The smallest absolute Gasteiger partial charge is 0.161 e. The zero-order valence-electron chi connectivity index (χ0n) is 13.7. The molecular weight excluding hydrogens is 264 g/mol. The van der Waals surface area contributed by atoms with Crippen LogP contribution in [0.1, 0.15) is 38.8 Å². The summed E-state index contributed by atoms with van der Waals surface area (Å²) >= 11 is 0. The minimum atomic E-state index is 0.310. The Bertz CT molecular complexity index is 450. The first-order chi connectivity index (χ1) is 10.2. The molecule has 0 radical (unpaired) electrons. The lowest BCUT2D eigenvalue weighted by molar-refractivity contribution is 0.171. The van der Waals surface area contributed by atoms with Crippen molar-refractivity contribution in [2.75, 3.05) is 33.4 Å². The third-order valence-corrected chi connectivity index (χ3v) is 4.23. The molecule has 0 bridgehead atoms. The lowest BCUT2D eigenvalue weighted by Crippen LogP contribution is -2.37. The minimum Gasteiger partial charge on any atom is -0.486 e. The number of hydrogen-bond donors (Lipinski definition) is 1. The molecule has 0 aliphatic carbocycles. The highest BCUT2D eigenvalue weighted by molar-refractivity contribution is 5.44. The molecule has 21 heavy (non-hydrogen) atoms. The van der Waals surface area contributed by atoms with E-state index in [0.717, 1.165) is 31.0 Å².